The van der Waals surface area contributed by atoms with Gasteiger partial charge in [0.2, 0.25) is 5.91 Å². The molecule has 4 nitrogen and oxygen atoms in total. The van der Waals surface area contributed by atoms with Gasteiger partial charge in [0.1, 0.15) is 5.75 Å². The number of hydrogen-bond acceptors (Lipinski definition) is 3. The lowest BCUT2D eigenvalue weighted by atomic mass is 10.1. The third kappa shape index (κ3) is 2.08. The molecule has 1 aromatic carbocycles. The number of hydrogen-bond donors (Lipinski definition) is 1. The quantitative estimate of drug-likeness (QED) is 0.889. The molecular weight excluding hydrogens is 230 g/mol. The first kappa shape index (κ1) is 12.9. The van der Waals surface area contributed by atoms with Gasteiger partial charge < -0.3 is 14.7 Å². The van der Waals surface area contributed by atoms with Crippen LogP contribution in [-0.2, 0) is 4.79 Å². The zero-order chi connectivity index (χ0) is 13.3. The molecule has 1 aliphatic rings. The summed E-state index contributed by atoms with van der Waals surface area (Å²) in [5, 5.41) is 9.88. The molecule has 0 saturated carbocycles. The number of aryl methyl sites for hydroxylation is 1. The van der Waals surface area contributed by atoms with Crippen LogP contribution in [0.1, 0.15) is 25.3 Å². The van der Waals surface area contributed by atoms with Crippen LogP contribution in [0.4, 0.5) is 5.69 Å². The van der Waals surface area contributed by atoms with Crippen molar-refractivity contribution in [3.63, 3.8) is 0 Å². The number of anilines is 1. The van der Waals surface area contributed by atoms with E-state index in [1.165, 1.54) is 0 Å². The number of nitrogens with zero attached hydrogens (tertiary/aromatic N) is 1. The Balaban J connectivity index is 2.38. The monoisotopic (exact) mass is 249 g/mol. The molecule has 1 fully saturated rings. The zero-order valence-corrected chi connectivity index (χ0v) is 11.0. The molecule has 98 valence electrons. The van der Waals surface area contributed by atoms with Crippen LogP contribution >= 0.6 is 0 Å². The van der Waals surface area contributed by atoms with Crippen molar-refractivity contribution in [2.24, 2.45) is 0 Å². The Labute approximate surface area is 107 Å². The van der Waals surface area contributed by atoms with Crippen LogP contribution in [0.25, 0.3) is 0 Å². The summed E-state index contributed by atoms with van der Waals surface area (Å²) in [6.45, 7) is 3.94. The molecule has 0 unspecified atom stereocenters. The van der Waals surface area contributed by atoms with Crippen LogP contribution in [-0.4, -0.2) is 30.3 Å². The second kappa shape index (κ2) is 4.98. The van der Waals surface area contributed by atoms with E-state index in [1.807, 2.05) is 32.0 Å². The van der Waals surface area contributed by atoms with E-state index >= 15 is 0 Å². The molecular formula is C14H19NO3. The Morgan fingerprint density at radius 2 is 2.22 bits per heavy atom. The van der Waals surface area contributed by atoms with E-state index in [2.05, 4.69) is 0 Å². The summed E-state index contributed by atoms with van der Waals surface area (Å²) < 4.78 is 5.28. The highest BCUT2D eigenvalue weighted by Gasteiger charge is 2.38. The van der Waals surface area contributed by atoms with E-state index in [0.717, 1.165) is 23.4 Å². The first-order chi connectivity index (χ1) is 8.58. The van der Waals surface area contributed by atoms with E-state index in [4.69, 9.17) is 4.74 Å². The predicted octanol–water partition coefficient (Wildman–Crippen LogP) is 1.88. The molecule has 1 N–H and O–H groups in total. The molecule has 0 aromatic heterocycles. The summed E-state index contributed by atoms with van der Waals surface area (Å²) in [4.78, 5) is 13.7. The van der Waals surface area contributed by atoms with Gasteiger partial charge >= 0.3 is 0 Å². The average Bonchev–Trinajstić information content (AvgIpc) is 2.64. The third-order valence-electron chi connectivity index (χ3n) is 3.52. The lowest BCUT2D eigenvalue weighted by molar-refractivity contribution is -0.117. The molecule has 2 atom stereocenters. The van der Waals surface area contributed by atoms with Gasteiger partial charge in [-0.05, 0) is 25.0 Å². The van der Waals surface area contributed by atoms with Crippen molar-refractivity contribution in [1.29, 1.82) is 0 Å². The molecule has 0 aliphatic carbocycles. The minimum atomic E-state index is -0.574. The van der Waals surface area contributed by atoms with Crippen molar-refractivity contribution >= 4 is 11.6 Å². The van der Waals surface area contributed by atoms with E-state index in [0.29, 0.717) is 0 Å². The molecule has 1 amide bonds. The van der Waals surface area contributed by atoms with Crippen molar-refractivity contribution in [1.82, 2.24) is 0 Å². The SMILES string of the molecule is CC[C@H]1[C@H](O)CC(=O)N1c1ccc(C)c(OC)c1. The maximum Gasteiger partial charge on any atom is 0.230 e. The lowest BCUT2D eigenvalue weighted by Crippen LogP contribution is -2.36. The van der Waals surface area contributed by atoms with Crippen molar-refractivity contribution in [2.75, 3.05) is 12.0 Å². The number of aliphatic hydroxyl groups excluding tert-OH is 1. The predicted molar refractivity (Wildman–Crippen MR) is 69.9 cm³/mol. The Bertz CT molecular complexity index is 458. The molecule has 1 aliphatic heterocycles. The van der Waals surface area contributed by atoms with Crippen LogP contribution in [0.3, 0.4) is 0 Å². The fourth-order valence-electron chi connectivity index (χ4n) is 2.52. The van der Waals surface area contributed by atoms with Gasteiger partial charge in [-0.3, -0.25) is 4.79 Å². The van der Waals surface area contributed by atoms with Crippen LogP contribution in [0.15, 0.2) is 18.2 Å². The van der Waals surface area contributed by atoms with Gasteiger partial charge in [0.25, 0.3) is 0 Å². The molecule has 0 spiro atoms. The molecule has 0 bridgehead atoms. The number of ether oxygens (including phenoxy) is 1. The number of carbonyl (C=O) groups is 1. The fourth-order valence-corrected chi connectivity index (χ4v) is 2.52. The fraction of sp³-hybridized carbons (Fsp3) is 0.500. The van der Waals surface area contributed by atoms with Crippen LogP contribution in [0.5, 0.6) is 5.75 Å². The highest BCUT2D eigenvalue weighted by atomic mass is 16.5. The summed E-state index contributed by atoms with van der Waals surface area (Å²) in [5.41, 5.74) is 1.83. The summed E-state index contributed by atoms with van der Waals surface area (Å²) in [6.07, 6.45) is 0.368. The van der Waals surface area contributed by atoms with Crippen molar-refractivity contribution < 1.29 is 14.6 Å². The average molecular weight is 249 g/mol. The van der Waals surface area contributed by atoms with Gasteiger partial charge in [-0.1, -0.05) is 13.0 Å². The minimum Gasteiger partial charge on any atom is -0.496 e. The number of rotatable bonds is 3. The molecule has 1 aromatic rings. The molecule has 4 heteroatoms. The zero-order valence-electron chi connectivity index (χ0n) is 11.0. The molecule has 1 saturated heterocycles. The molecule has 0 radical (unpaired) electrons. The van der Waals surface area contributed by atoms with Crippen molar-refractivity contribution in [3.8, 4) is 5.75 Å². The van der Waals surface area contributed by atoms with Gasteiger partial charge in [0.05, 0.1) is 25.7 Å². The highest BCUT2D eigenvalue weighted by Crippen LogP contribution is 2.32. The van der Waals surface area contributed by atoms with Crippen molar-refractivity contribution in [3.05, 3.63) is 23.8 Å². The van der Waals surface area contributed by atoms with Crippen LogP contribution < -0.4 is 9.64 Å². The van der Waals surface area contributed by atoms with Crippen LogP contribution in [0.2, 0.25) is 0 Å². The Kier molecular flexibility index (Phi) is 3.57. The van der Waals surface area contributed by atoms with Gasteiger partial charge in [-0.15, -0.1) is 0 Å². The topological polar surface area (TPSA) is 49.8 Å². The Morgan fingerprint density at radius 3 is 2.83 bits per heavy atom. The molecule has 2 rings (SSSR count). The van der Waals surface area contributed by atoms with Gasteiger partial charge in [0.15, 0.2) is 0 Å². The maximum absolute atomic E-state index is 12.0. The van der Waals surface area contributed by atoms with Gasteiger partial charge in [-0.25, -0.2) is 0 Å². The maximum atomic E-state index is 12.0. The Hall–Kier alpha value is -1.55. The first-order valence-electron chi connectivity index (χ1n) is 6.23. The second-order valence-corrected chi connectivity index (χ2v) is 4.66. The number of aliphatic hydroxyl groups is 1. The first-order valence-corrected chi connectivity index (χ1v) is 6.23. The molecule has 18 heavy (non-hydrogen) atoms. The number of methoxy groups -OCH3 is 1. The number of amides is 1. The van der Waals surface area contributed by atoms with Crippen LogP contribution in [0, 0.1) is 6.92 Å². The normalized spacial score (nSPS) is 23.6. The molecule has 1 heterocycles. The smallest absolute Gasteiger partial charge is 0.230 e. The van der Waals surface area contributed by atoms with E-state index < -0.39 is 6.10 Å². The van der Waals surface area contributed by atoms with E-state index in [-0.39, 0.29) is 18.4 Å². The lowest BCUT2D eigenvalue weighted by Gasteiger charge is -2.26. The third-order valence-corrected chi connectivity index (χ3v) is 3.52. The summed E-state index contributed by atoms with van der Waals surface area (Å²) in [5.74, 6) is 0.733. The van der Waals surface area contributed by atoms with E-state index in [1.54, 1.807) is 12.0 Å². The van der Waals surface area contributed by atoms with Crippen molar-refractivity contribution in [2.45, 2.75) is 38.8 Å². The van der Waals surface area contributed by atoms with Gasteiger partial charge in [-0.2, -0.15) is 0 Å². The van der Waals surface area contributed by atoms with E-state index in [9.17, 15) is 9.90 Å². The number of benzene rings is 1. The standard InChI is InChI=1S/C14H19NO3/c1-4-11-12(16)8-14(17)15(11)10-6-5-9(2)13(7-10)18-3/h5-7,11-12,16H,4,8H2,1-3H3/t11-,12+/m0/s1. The largest absolute Gasteiger partial charge is 0.496 e. The summed E-state index contributed by atoms with van der Waals surface area (Å²) in [6, 6.07) is 5.55. The minimum absolute atomic E-state index is 0.0275. The summed E-state index contributed by atoms with van der Waals surface area (Å²) >= 11 is 0. The number of carbonyl (C=O) groups excluding carboxylic acids is 1. The second-order valence-electron chi connectivity index (χ2n) is 4.66. The van der Waals surface area contributed by atoms with Gasteiger partial charge in [0, 0.05) is 11.8 Å². The highest BCUT2D eigenvalue weighted by molar-refractivity contribution is 5.97. The Morgan fingerprint density at radius 1 is 1.50 bits per heavy atom. The summed E-state index contributed by atoms with van der Waals surface area (Å²) in [7, 11) is 1.62.